The maximum atomic E-state index is 12.3. The maximum Gasteiger partial charge on any atom is 0.279 e. The molecule has 0 spiro atoms. The predicted octanol–water partition coefficient (Wildman–Crippen LogP) is 0.491. The number of nitrogens with zero attached hydrogens (tertiary/aromatic N) is 3. The number of piperazine rings is 1. The Kier molecular flexibility index (Phi) is 5.50. The van der Waals surface area contributed by atoms with Crippen LogP contribution >= 0.6 is 0 Å². The molecule has 1 saturated heterocycles. The Labute approximate surface area is 149 Å². The predicted molar refractivity (Wildman–Crippen MR) is 101 cm³/mol. The SMILES string of the molecule is CN(C)c1ccc(NC(=O)C[NH+]2CCN(c3ccccn3)CC2)cc1. The molecule has 1 fully saturated rings. The van der Waals surface area contributed by atoms with Crippen molar-refractivity contribution in [2.24, 2.45) is 0 Å². The number of anilines is 3. The molecule has 1 aromatic carbocycles. The minimum atomic E-state index is 0.0684. The molecular weight excluding hydrogens is 314 g/mol. The van der Waals surface area contributed by atoms with E-state index < -0.39 is 0 Å². The maximum absolute atomic E-state index is 12.3. The monoisotopic (exact) mass is 340 g/mol. The number of rotatable bonds is 5. The molecule has 1 aromatic heterocycles. The van der Waals surface area contributed by atoms with Gasteiger partial charge in [0.2, 0.25) is 0 Å². The molecule has 2 aromatic rings. The topological polar surface area (TPSA) is 52.9 Å². The van der Waals surface area contributed by atoms with Gasteiger partial charge in [-0.3, -0.25) is 4.79 Å². The first-order chi connectivity index (χ1) is 12.1. The van der Waals surface area contributed by atoms with Crippen LogP contribution in [0.25, 0.3) is 0 Å². The lowest BCUT2D eigenvalue weighted by Gasteiger charge is -2.32. The van der Waals surface area contributed by atoms with Crippen molar-refractivity contribution < 1.29 is 9.69 Å². The zero-order valence-electron chi connectivity index (χ0n) is 14.9. The number of benzene rings is 1. The average molecular weight is 340 g/mol. The Balaban J connectivity index is 1.46. The van der Waals surface area contributed by atoms with Crippen LogP contribution < -0.4 is 20.0 Å². The van der Waals surface area contributed by atoms with Gasteiger partial charge in [-0.2, -0.15) is 0 Å². The second-order valence-electron chi connectivity index (χ2n) is 6.59. The van der Waals surface area contributed by atoms with Crippen LogP contribution in [0.4, 0.5) is 17.2 Å². The second-order valence-corrected chi connectivity index (χ2v) is 6.59. The fourth-order valence-electron chi connectivity index (χ4n) is 3.04. The van der Waals surface area contributed by atoms with Gasteiger partial charge in [0, 0.05) is 31.7 Å². The van der Waals surface area contributed by atoms with Crippen LogP contribution in [-0.4, -0.2) is 57.7 Å². The molecule has 0 bridgehead atoms. The summed E-state index contributed by atoms with van der Waals surface area (Å²) >= 11 is 0. The lowest BCUT2D eigenvalue weighted by molar-refractivity contribution is -0.892. The minimum absolute atomic E-state index is 0.0684. The van der Waals surface area contributed by atoms with Crippen molar-refractivity contribution in [2.75, 3.05) is 61.9 Å². The molecule has 0 aliphatic carbocycles. The van der Waals surface area contributed by atoms with E-state index in [1.54, 1.807) is 0 Å². The molecule has 1 aliphatic rings. The van der Waals surface area contributed by atoms with Gasteiger partial charge in [0.1, 0.15) is 5.82 Å². The first-order valence-electron chi connectivity index (χ1n) is 8.68. The number of amides is 1. The molecule has 0 radical (unpaired) electrons. The lowest BCUT2D eigenvalue weighted by Crippen LogP contribution is -3.15. The van der Waals surface area contributed by atoms with Crippen molar-refractivity contribution in [3.63, 3.8) is 0 Å². The molecule has 1 aliphatic heterocycles. The highest BCUT2D eigenvalue weighted by Crippen LogP contribution is 2.15. The molecule has 6 nitrogen and oxygen atoms in total. The smallest absolute Gasteiger partial charge is 0.279 e. The van der Waals surface area contributed by atoms with E-state index in [0.29, 0.717) is 6.54 Å². The molecule has 2 heterocycles. The van der Waals surface area contributed by atoms with Crippen LogP contribution in [0.15, 0.2) is 48.7 Å². The van der Waals surface area contributed by atoms with Crippen molar-refractivity contribution >= 4 is 23.1 Å². The standard InChI is InChI=1S/C19H25N5O/c1-22(2)17-8-6-16(7-9-17)21-19(25)15-23-11-13-24(14-12-23)18-5-3-4-10-20-18/h3-10H,11-15H2,1-2H3,(H,21,25)/p+1. The van der Waals surface area contributed by atoms with E-state index in [1.807, 2.05) is 67.7 Å². The highest BCUT2D eigenvalue weighted by molar-refractivity contribution is 5.91. The van der Waals surface area contributed by atoms with E-state index in [4.69, 9.17) is 0 Å². The normalized spacial score (nSPS) is 15.0. The fraction of sp³-hybridized carbons (Fsp3) is 0.368. The van der Waals surface area contributed by atoms with E-state index in [0.717, 1.165) is 43.4 Å². The van der Waals surface area contributed by atoms with Crippen molar-refractivity contribution in [1.82, 2.24) is 4.98 Å². The summed E-state index contributed by atoms with van der Waals surface area (Å²) in [6, 6.07) is 13.9. The van der Waals surface area contributed by atoms with Crippen LogP contribution in [0.3, 0.4) is 0 Å². The Morgan fingerprint density at radius 2 is 1.88 bits per heavy atom. The molecule has 0 atom stereocenters. The summed E-state index contributed by atoms with van der Waals surface area (Å²) in [6.07, 6.45) is 1.82. The Bertz CT molecular complexity index is 679. The van der Waals surface area contributed by atoms with Gasteiger partial charge in [0.25, 0.3) is 5.91 Å². The summed E-state index contributed by atoms with van der Waals surface area (Å²) in [5, 5.41) is 2.99. The minimum Gasteiger partial charge on any atom is -0.378 e. The van der Waals surface area contributed by atoms with Gasteiger partial charge < -0.3 is 20.0 Å². The zero-order valence-corrected chi connectivity index (χ0v) is 14.9. The summed E-state index contributed by atoms with van der Waals surface area (Å²) < 4.78 is 0. The number of hydrogen-bond acceptors (Lipinski definition) is 4. The van der Waals surface area contributed by atoms with Crippen molar-refractivity contribution in [1.29, 1.82) is 0 Å². The van der Waals surface area contributed by atoms with E-state index in [9.17, 15) is 4.79 Å². The summed E-state index contributed by atoms with van der Waals surface area (Å²) in [7, 11) is 4.00. The van der Waals surface area contributed by atoms with E-state index in [-0.39, 0.29) is 5.91 Å². The van der Waals surface area contributed by atoms with Gasteiger partial charge in [0.15, 0.2) is 6.54 Å². The fourth-order valence-corrected chi connectivity index (χ4v) is 3.04. The van der Waals surface area contributed by atoms with Gasteiger partial charge in [-0.05, 0) is 36.4 Å². The molecule has 25 heavy (non-hydrogen) atoms. The summed E-state index contributed by atoms with van der Waals surface area (Å²) in [5.41, 5.74) is 1.97. The number of quaternary nitrogens is 1. The van der Waals surface area contributed by atoms with Gasteiger partial charge in [-0.15, -0.1) is 0 Å². The second kappa shape index (κ2) is 7.98. The largest absolute Gasteiger partial charge is 0.378 e. The van der Waals surface area contributed by atoms with Crippen LogP contribution in [0, 0.1) is 0 Å². The van der Waals surface area contributed by atoms with Gasteiger partial charge in [0.05, 0.1) is 26.2 Å². The van der Waals surface area contributed by atoms with Gasteiger partial charge in [-0.25, -0.2) is 4.98 Å². The zero-order chi connectivity index (χ0) is 17.6. The molecule has 1 amide bonds. The van der Waals surface area contributed by atoms with Crippen LogP contribution in [0.5, 0.6) is 0 Å². The van der Waals surface area contributed by atoms with E-state index >= 15 is 0 Å². The molecule has 0 unspecified atom stereocenters. The van der Waals surface area contributed by atoms with Crippen LogP contribution in [-0.2, 0) is 4.79 Å². The van der Waals surface area contributed by atoms with Crippen LogP contribution in [0.1, 0.15) is 0 Å². The summed E-state index contributed by atoms with van der Waals surface area (Å²) in [6.45, 7) is 4.26. The Morgan fingerprint density at radius 3 is 2.48 bits per heavy atom. The average Bonchev–Trinajstić information content (AvgIpc) is 2.63. The third-order valence-corrected chi connectivity index (χ3v) is 4.52. The van der Waals surface area contributed by atoms with Crippen molar-refractivity contribution in [2.45, 2.75) is 0 Å². The number of carbonyl (C=O) groups excluding carboxylic acids is 1. The Morgan fingerprint density at radius 1 is 1.16 bits per heavy atom. The molecule has 2 N–H and O–H groups in total. The molecule has 6 heteroatoms. The van der Waals surface area contributed by atoms with E-state index in [2.05, 4.69) is 15.2 Å². The third kappa shape index (κ3) is 4.70. The van der Waals surface area contributed by atoms with Crippen LogP contribution in [0.2, 0.25) is 0 Å². The first kappa shape index (κ1) is 17.2. The number of nitrogens with one attached hydrogen (secondary N) is 2. The highest BCUT2D eigenvalue weighted by Gasteiger charge is 2.22. The van der Waals surface area contributed by atoms with Gasteiger partial charge in [-0.1, -0.05) is 6.07 Å². The number of hydrogen-bond donors (Lipinski definition) is 2. The number of pyridine rings is 1. The third-order valence-electron chi connectivity index (χ3n) is 4.52. The number of aromatic nitrogens is 1. The quantitative estimate of drug-likeness (QED) is 0.832. The summed E-state index contributed by atoms with van der Waals surface area (Å²) in [4.78, 5) is 22.3. The Hall–Kier alpha value is -2.60. The molecule has 132 valence electrons. The molecular formula is C19H26N5O+. The van der Waals surface area contributed by atoms with Gasteiger partial charge >= 0.3 is 0 Å². The van der Waals surface area contributed by atoms with E-state index in [1.165, 1.54) is 4.90 Å². The number of carbonyl (C=O) groups is 1. The first-order valence-corrected chi connectivity index (χ1v) is 8.68. The molecule has 0 saturated carbocycles. The highest BCUT2D eigenvalue weighted by atomic mass is 16.2. The van der Waals surface area contributed by atoms with Crippen molar-refractivity contribution in [3.8, 4) is 0 Å². The van der Waals surface area contributed by atoms with Crippen molar-refractivity contribution in [3.05, 3.63) is 48.7 Å². The molecule has 3 rings (SSSR count). The lowest BCUT2D eigenvalue weighted by atomic mass is 10.2. The summed E-state index contributed by atoms with van der Waals surface area (Å²) in [5.74, 6) is 1.09.